The van der Waals surface area contributed by atoms with Gasteiger partial charge in [0.15, 0.2) is 11.5 Å². The maximum atomic E-state index is 10.3. The standard InChI is InChI=1S/C17H19ClN2O3/c18-14-2-3-15(19-10-14)12-8-13-11-20(4-1-6-21)5-7-23-17(13)16(22)9-12/h2-3,8-10,21-22H,1,4-7,11H2. The van der Waals surface area contributed by atoms with E-state index in [0.717, 1.165) is 36.3 Å². The fourth-order valence-electron chi connectivity index (χ4n) is 2.73. The number of aliphatic hydroxyl groups excluding tert-OH is 1. The van der Waals surface area contributed by atoms with Gasteiger partial charge < -0.3 is 14.9 Å². The molecule has 2 N–H and O–H groups in total. The fraction of sp³-hybridized carbons (Fsp3) is 0.353. The lowest BCUT2D eigenvalue weighted by Crippen LogP contribution is -2.27. The summed E-state index contributed by atoms with van der Waals surface area (Å²) in [6, 6.07) is 7.25. The summed E-state index contributed by atoms with van der Waals surface area (Å²) in [6.07, 6.45) is 2.31. The van der Waals surface area contributed by atoms with Crippen molar-refractivity contribution < 1.29 is 14.9 Å². The molecule has 2 aromatic rings. The molecule has 0 atom stereocenters. The van der Waals surface area contributed by atoms with Crippen LogP contribution in [0.2, 0.25) is 5.02 Å². The molecular weight excluding hydrogens is 316 g/mol. The largest absolute Gasteiger partial charge is 0.504 e. The summed E-state index contributed by atoms with van der Waals surface area (Å²) in [5.74, 6) is 0.660. The third-order valence-corrected chi connectivity index (χ3v) is 4.07. The van der Waals surface area contributed by atoms with E-state index in [1.807, 2.05) is 12.1 Å². The maximum Gasteiger partial charge on any atom is 0.165 e. The van der Waals surface area contributed by atoms with Gasteiger partial charge in [-0.05, 0) is 30.7 Å². The number of aromatic nitrogens is 1. The van der Waals surface area contributed by atoms with Crippen LogP contribution in [-0.4, -0.2) is 46.4 Å². The number of halogens is 1. The summed E-state index contributed by atoms with van der Waals surface area (Å²) in [5.41, 5.74) is 2.50. The van der Waals surface area contributed by atoms with Crippen LogP contribution in [0.3, 0.4) is 0 Å². The summed E-state index contributed by atoms with van der Waals surface area (Å²) in [7, 11) is 0. The van der Waals surface area contributed by atoms with E-state index in [-0.39, 0.29) is 12.4 Å². The molecular formula is C17H19ClN2O3. The van der Waals surface area contributed by atoms with Crippen LogP contribution in [0.25, 0.3) is 11.3 Å². The van der Waals surface area contributed by atoms with Crippen molar-refractivity contribution in [3.8, 4) is 22.8 Å². The van der Waals surface area contributed by atoms with Gasteiger partial charge in [-0.2, -0.15) is 0 Å². The third kappa shape index (κ3) is 3.75. The van der Waals surface area contributed by atoms with Crippen LogP contribution < -0.4 is 4.74 Å². The number of fused-ring (bicyclic) bond motifs is 1. The smallest absolute Gasteiger partial charge is 0.165 e. The number of aromatic hydroxyl groups is 1. The van der Waals surface area contributed by atoms with Crippen LogP contribution in [0.4, 0.5) is 0 Å². The molecule has 0 saturated carbocycles. The Hall–Kier alpha value is -1.82. The van der Waals surface area contributed by atoms with Crippen LogP contribution in [-0.2, 0) is 6.54 Å². The second-order valence-corrected chi connectivity index (χ2v) is 5.98. The summed E-state index contributed by atoms with van der Waals surface area (Å²) in [5, 5.41) is 19.9. The van der Waals surface area contributed by atoms with Crippen molar-refractivity contribution in [2.24, 2.45) is 0 Å². The highest BCUT2D eigenvalue weighted by Crippen LogP contribution is 2.37. The topological polar surface area (TPSA) is 65.8 Å². The van der Waals surface area contributed by atoms with Crippen LogP contribution in [0.1, 0.15) is 12.0 Å². The van der Waals surface area contributed by atoms with Gasteiger partial charge in [-0.3, -0.25) is 9.88 Å². The molecule has 0 amide bonds. The first-order valence-electron chi connectivity index (χ1n) is 7.61. The van der Waals surface area contributed by atoms with Crippen molar-refractivity contribution in [1.82, 2.24) is 9.88 Å². The van der Waals surface area contributed by atoms with Crippen molar-refractivity contribution in [2.45, 2.75) is 13.0 Å². The van der Waals surface area contributed by atoms with E-state index in [1.54, 1.807) is 18.3 Å². The Morgan fingerprint density at radius 2 is 2.17 bits per heavy atom. The Bertz CT molecular complexity index is 676. The number of hydrogen-bond acceptors (Lipinski definition) is 5. The molecule has 0 radical (unpaired) electrons. The molecule has 0 spiro atoms. The number of ether oxygens (including phenoxy) is 1. The second-order valence-electron chi connectivity index (χ2n) is 5.55. The van der Waals surface area contributed by atoms with Crippen LogP contribution in [0, 0.1) is 0 Å². The molecule has 1 aromatic carbocycles. The molecule has 122 valence electrons. The van der Waals surface area contributed by atoms with Crippen LogP contribution >= 0.6 is 11.6 Å². The van der Waals surface area contributed by atoms with Crippen molar-refractivity contribution in [1.29, 1.82) is 0 Å². The van der Waals surface area contributed by atoms with Gasteiger partial charge in [0.1, 0.15) is 6.61 Å². The number of benzene rings is 1. The summed E-state index contributed by atoms with van der Waals surface area (Å²) in [4.78, 5) is 6.51. The minimum atomic E-state index is 0.123. The van der Waals surface area contributed by atoms with E-state index in [1.165, 1.54) is 0 Å². The molecule has 6 heteroatoms. The predicted molar refractivity (Wildman–Crippen MR) is 88.8 cm³/mol. The molecule has 23 heavy (non-hydrogen) atoms. The monoisotopic (exact) mass is 334 g/mol. The molecule has 2 heterocycles. The molecule has 1 aliphatic heterocycles. The van der Waals surface area contributed by atoms with Gasteiger partial charge in [0.2, 0.25) is 0 Å². The average molecular weight is 335 g/mol. The normalized spacial score (nSPS) is 14.9. The van der Waals surface area contributed by atoms with Gasteiger partial charge in [0.05, 0.1) is 10.7 Å². The molecule has 1 aromatic heterocycles. The summed E-state index contributed by atoms with van der Waals surface area (Å²) in [6.45, 7) is 2.92. The van der Waals surface area contributed by atoms with Gasteiger partial charge in [0, 0.05) is 43.6 Å². The van der Waals surface area contributed by atoms with Crippen molar-refractivity contribution in [2.75, 3.05) is 26.3 Å². The highest BCUT2D eigenvalue weighted by atomic mass is 35.5. The highest BCUT2D eigenvalue weighted by molar-refractivity contribution is 6.30. The number of rotatable bonds is 4. The van der Waals surface area contributed by atoms with Gasteiger partial charge in [0.25, 0.3) is 0 Å². The van der Waals surface area contributed by atoms with E-state index in [2.05, 4.69) is 9.88 Å². The maximum absolute atomic E-state index is 10.3. The molecule has 0 bridgehead atoms. The molecule has 3 rings (SSSR count). The minimum Gasteiger partial charge on any atom is -0.504 e. The summed E-state index contributed by atoms with van der Waals surface area (Å²) < 4.78 is 5.70. The molecule has 0 saturated heterocycles. The summed E-state index contributed by atoms with van der Waals surface area (Å²) >= 11 is 5.88. The Kier molecular flexibility index (Phi) is 5.00. The first-order valence-corrected chi connectivity index (χ1v) is 7.99. The first-order chi connectivity index (χ1) is 11.2. The van der Waals surface area contributed by atoms with E-state index in [4.69, 9.17) is 21.4 Å². The quantitative estimate of drug-likeness (QED) is 0.900. The molecule has 0 fully saturated rings. The zero-order chi connectivity index (χ0) is 16.2. The van der Waals surface area contributed by atoms with Crippen LogP contribution in [0.15, 0.2) is 30.5 Å². The van der Waals surface area contributed by atoms with Crippen molar-refractivity contribution in [3.63, 3.8) is 0 Å². The van der Waals surface area contributed by atoms with Gasteiger partial charge in [-0.1, -0.05) is 11.6 Å². The van der Waals surface area contributed by atoms with Gasteiger partial charge in [-0.15, -0.1) is 0 Å². The Morgan fingerprint density at radius 3 is 2.91 bits per heavy atom. The zero-order valence-electron chi connectivity index (χ0n) is 12.7. The van der Waals surface area contributed by atoms with E-state index < -0.39 is 0 Å². The molecule has 5 nitrogen and oxygen atoms in total. The first kappa shape index (κ1) is 16.1. The Balaban J connectivity index is 1.92. The number of phenols is 1. The molecule has 1 aliphatic rings. The SMILES string of the molecule is OCCCN1CCOc2c(O)cc(-c3ccc(Cl)cn3)cc2C1. The lowest BCUT2D eigenvalue weighted by atomic mass is 10.0. The number of aliphatic hydroxyl groups is 1. The number of pyridine rings is 1. The lowest BCUT2D eigenvalue weighted by molar-refractivity contribution is 0.199. The minimum absolute atomic E-state index is 0.123. The van der Waals surface area contributed by atoms with Crippen molar-refractivity contribution in [3.05, 3.63) is 41.0 Å². The lowest BCUT2D eigenvalue weighted by Gasteiger charge is -2.18. The number of nitrogens with zero attached hydrogens (tertiary/aromatic N) is 2. The fourth-order valence-corrected chi connectivity index (χ4v) is 2.84. The average Bonchev–Trinajstić information content (AvgIpc) is 2.76. The Labute approximate surface area is 140 Å². The van der Waals surface area contributed by atoms with Gasteiger partial charge >= 0.3 is 0 Å². The third-order valence-electron chi connectivity index (χ3n) is 3.85. The molecule has 0 unspecified atom stereocenters. The molecule has 0 aliphatic carbocycles. The Morgan fingerprint density at radius 1 is 1.30 bits per heavy atom. The predicted octanol–water partition coefficient (Wildman–Crippen LogP) is 2.68. The zero-order valence-corrected chi connectivity index (χ0v) is 13.5. The number of phenolic OH excluding ortho intramolecular Hbond substituents is 1. The van der Waals surface area contributed by atoms with E-state index >= 15 is 0 Å². The van der Waals surface area contributed by atoms with Crippen LogP contribution in [0.5, 0.6) is 11.5 Å². The van der Waals surface area contributed by atoms with E-state index in [0.29, 0.717) is 23.9 Å². The van der Waals surface area contributed by atoms with Crippen molar-refractivity contribution >= 4 is 11.6 Å². The number of hydrogen-bond donors (Lipinski definition) is 2. The highest BCUT2D eigenvalue weighted by Gasteiger charge is 2.19. The van der Waals surface area contributed by atoms with E-state index in [9.17, 15) is 5.11 Å². The second kappa shape index (κ2) is 7.17. The van der Waals surface area contributed by atoms with Gasteiger partial charge in [-0.25, -0.2) is 0 Å².